The van der Waals surface area contributed by atoms with Crippen LogP contribution < -0.4 is 5.73 Å². The lowest BCUT2D eigenvalue weighted by atomic mass is 10.0. The van der Waals surface area contributed by atoms with Gasteiger partial charge in [-0.25, -0.2) is 0 Å². The number of hydrogen-bond donors (Lipinski definition) is 1. The van der Waals surface area contributed by atoms with Crippen molar-refractivity contribution in [2.45, 2.75) is 32.9 Å². The van der Waals surface area contributed by atoms with Gasteiger partial charge in [-0.05, 0) is 11.5 Å². The third-order valence-electron chi connectivity index (χ3n) is 2.68. The minimum atomic E-state index is -0.0271. The number of nitrogens with zero attached hydrogens (tertiary/aromatic N) is 1. The Hall–Kier alpha value is -1.35. The normalized spacial score (nSPS) is 14.9. The van der Waals surface area contributed by atoms with E-state index in [1.165, 1.54) is 0 Å². The van der Waals surface area contributed by atoms with Crippen LogP contribution in [0.5, 0.6) is 0 Å². The maximum atomic E-state index is 5.88. The molecule has 0 bridgehead atoms. The number of benzene rings is 1. The first kappa shape index (κ1) is 12.7. The van der Waals surface area contributed by atoms with Crippen LogP contribution in [-0.2, 0) is 11.4 Å². The Kier molecular flexibility index (Phi) is 5.57. The smallest absolute Gasteiger partial charge is 0.142 e. The number of nitrogens with two attached hydrogens (primary N) is 1. The van der Waals surface area contributed by atoms with Gasteiger partial charge < -0.3 is 10.6 Å². The van der Waals surface area contributed by atoms with Crippen molar-refractivity contribution in [2.75, 3.05) is 0 Å². The van der Waals surface area contributed by atoms with Crippen molar-refractivity contribution in [3.63, 3.8) is 0 Å². The predicted molar refractivity (Wildman–Crippen MR) is 67.2 cm³/mol. The van der Waals surface area contributed by atoms with Gasteiger partial charge in [-0.15, -0.1) is 0 Å². The molecule has 2 atom stereocenters. The number of oxime groups is 1. The highest BCUT2D eigenvalue weighted by Crippen LogP contribution is 2.04. The topological polar surface area (TPSA) is 47.6 Å². The Morgan fingerprint density at radius 2 is 2.06 bits per heavy atom. The molecule has 0 aromatic heterocycles. The summed E-state index contributed by atoms with van der Waals surface area (Å²) in [4.78, 5) is 5.17. The monoisotopic (exact) mass is 220 g/mol. The predicted octanol–water partition coefficient (Wildman–Crippen LogP) is 2.56. The molecule has 0 radical (unpaired) electrons. The van der Waals surface area contributed by atoms with Crippen LogP contribution in [0.1, 0.15) is 25.8 Å². The molecule has 88 valence electrons. The molecule has 1 aromatic carbocycles. The molecule has 0 unspecified atom stereocenters. The summed E-state index contributed by atoms with van der Waals surface area (Å²) in [5, 5.41) is 3.89. The van der Waals surface area contributed by atoms with Gasteiger partial charge in [0.2, 0.25) is 0 Å². The molecule has 0 fully saturated rings. The van der Waals surface area contributed by atoms with Gasteiger partial charge in [0.15, 0.2) is 0 Å². The van der Waals surface area contributed by atoms with Gasteiger partial charge in [-0.2, -0.15) is 0 Å². The first-order valence-electron chi connectivity index (χ1n) is 5.69. The van der Waals surface area contributed by atoms with Crippen molar-refractivity contribution in [2.24, 2.45) is 16.8 Å². The summed E-state index contributed by atoms with van der Waals surface area (Å²) in [5.74, 6) is 0.434. The van der Waals surface area contributed by atoms with Crippen molar-refractivity contribution in [3.05, 3.63) is 35.9 Å². The second-order valence-corrected chi connectivity index (χ2v) is 3.98. The van der Waals surface area contributed by atoms with E-state index in [1.54, 1.807) is 6.21 Å². The number of rotatable bonds is 6. The summed E-state index contributed by atoms with van der Waals surface area (Å²) < 4.78 is 0. The Bertz CT molecular complexity index is 311. The molecule has 0 aliphatic carbocycles. The molecule has 2 N–H and O–H groups in total. The van der Waals surface area contributed by atoms with Gasteiger partial charge in [0.25, 0.3) is 0 Å². The minimum Gasteiger partial charge on any atom is -0.391 e. The van der Waals surface area contributed by atoms with Gasteiger partial charge in [0.1, 0.15) is 6.61 Å². The van der Waals surface area contributed by atoms with Crippen molar-refractivity contribution >= 4 is 6.21 Å². The summed E-state index contributed by atoms with van der Waals surface area (Å²) in [6.45, 7) is 4.71. The largest absolute Gasteiger partial charge is 0.391 e. The van der Waals surface area contributed by atoms with Crippen molar-refractivity contribution in [1.29, 1.82) is 0 Å². The summed E-state index contributed by atoms with van der Waals surface area (Å²) in [5.41, 5.74) is 6.99. The van der Waals surface area contributed by atoms with Crippen LogP contribution in [0.4, 0.5) is 0 Å². The zero-order valence-corrected chi connectivity index (χ0v) is 9.97. The minimum absolute atomic E-state index is 0.0271. The second-order valence-electron chi connectivity index (χ2n) is 3.98. The first-order chi connectivity index (χ1) is 7.74. The van der Waals surface area contributed by atoms with E-state index in [0.717, 1.165) is 12.0 Å². The average Bonchev–Trinajstić information content (AvgIpc) is 2.34. The van der Waals surface area contributed by atoms with Crippen LogP contribution in [0, 0.1) is 5.92 Å². The Morgan fingerprint density at radius 1 is 1.38 bits per heavy atom. The van der Waals surface area contributed by atoms with Gasteiger partial charge in [-0.1, -0.05) is 55.8 Å². The summed E-state index contributed by atoms with van der Waals surface area (Å²) in [6.07, 6.45) is 2.73. The van der Waals surface area contributed by atoms with Gasteiger partial charge in [0, 0.05) is 6.04 Å². The third kappa shape index (κ3) is 4.45. The Labute approximate surface area is 97.3 Å². The van der Waals surface area contributed by atoms with E-state index in [-0.39, 0.29) is 6.04 Å². The maximum absolute atomic E-state index is 5.88. The molecule has 0 aliphatic heterocycles. The average molecular weight is 220 g/mol. The molecular weight excluding hydrogens is 200 g/mol. The lowest BCUT2D eigenvalue weighted by molar-refractivity contribution is 0.131. The summed E-state index contributed by atoms with van der Waals surface area (Å²) in [6, 6.07) is 9.92. The molecular formula is C13H20N2O. The highest BCUT2D eigenvalue weighted by atomic mass is 16.6. The van der Waals surface area contributed by atoms with Gasteiger partial charge in [-0.3, -0.25) is 0 Å². The highest BCUT2D eigenvalue weighted by molar-refractivity contribution is 5.63. The van der Waals surface area contributed by atoms with E-state index < -0.39 is 0 Å². The third-order valence-corrected chi connectivity index (χ3v) is 2.68. The molecule has 0 amide bonds. The molecule has 16 heavy (non-hydrogen) atoms. The van der Waals surface area contributed by atoms with Crippen LogP contribution in [0.2, 0.25) is 0 Å². The van der Waals surface area contributed by atoms with Gasteiger partial charge >= 0.3 is 0 Å². The quantitative estimate of drug-likeness (QED) is 0.591. The molecule has 0 aliphatic rings. The summed E-state index contributed by atoms with van der Waals surface area (Å²) >= 11 is 0. The lowest BCUT2D eigenvalue weighted by Crippen LogP contribution is -2.29. The van der Waals surface area contributed by atoms with Crippen LogP contribution in [-0.4, -0.2) is 12.3 Å². The Morgan fingerprint density at radius 3 is 2.69 bits per heavy atom. The maximum Gasteiger partial charge on any atom is 0.142 e. The van der Waals surface area contributed by atoms with Crippen LogP contribution in [0.25, 0.3) is 0 Å². The zero-order valence-electron chi connectivity index (χ0n) is 9.97. The SMILES string of the molecule is CC[C@H](C)[C@H](N)/C=N/OCc1ccccc1. The molecule has 0 saturated heterocycles. The zero-order chi connectivity index (χ0) is 11.8. The molecule has 0 saturated carbocycles. The molecule has 1 aromatic rings. The molecule has 3 heteroatoms. The van der Waals surface area contributed by atoms with E-state index in [0.29, 0.717) is 12.5 Å². The first-order valence-corrected chi connectivity index (χ1v) is 5.69. The molecule has 1 rings (SSSR count). The fourth-order valence-electron chi connectivity index (χ4n) is 1.22. The second kappa shape index (κ2) is 7.01. The van der Waals surface area contributed by atoms with Crippen LogP contribution in [0.15, 0.2) is 35.5 Å². The van der Waals surface area contributed by atoms with Crippen LogP contribution >= 0.6 is 0 Å². The fraction of sp³-hybridized carbons (Fsp3) is 0.462. The molecule has 3 nitrogen and oxygen atoms in total. The standard InChI is InChI=1S/C13H20N2O/c1-3-11(2)13(14)9-15-16-10-12-7-5-4-6-8-12/h4-9,11,13H,3,10,14H2,1-2H3/b15-9+/t11-,13+/m0/s1. The fourth-order valence-corrected chi connectivity index (χ4v) is 1.22. The van der Waals surface area contributed by atoms with E-state index in [9.17, 15) is 0 Å². The lowest BCUT2D eigenvalue weighted by Gasteiger charge is -2.12. The van der Waals surface area contributed by atoms with Gasteiger partial charge in [0.05, 0.1) is 6.21 Å². The van der Waals surface area contributed by atoms with E-state index >= 15 is 0 Å². The van der Waals surface area contributed by atoms with Crippen molar-refractivity contribution in [3.8, 4) is 0 Å². The van der Waals surface area contributed by atoms with Crippen molar-refractivity contribution < 1.29 is 4.84 Å². The highest BCUT2D eigenvalue weighted by Gasteiger charge is 2.07. The Balaban J connectivity index is 2.27. The van der Waals surface area contributed by atoms with E-state index in [1.807, 2.05) is 30.3 Å². The molecule has 0 heterocycles. The molecule has 0 spiro atoms. The number of hydrogen-bond acceptors (Lipinski definition) is 3. The van der Waals surface area contributed by atoms with Crippen molar-refractivity contribution in [1.82, 2.24) is 0 Å². The van der Waals surface area contributed by atoms with E-state index in [4.69, 9.17) is 10.6 Å². The van der Waals surface area contributed by atoms with Crippen LogP contribution in [0.3, 0.4) is 0 Å². The summed E-state index contributed by atoms with van der Waals surface area (Å²) in [7, 11) is 0. The van der Waals surface area contributed by atoms with E-state index in [2.05, 4.69) is 19.0 Å².